The Morgan fingerprint density at radius 1 is 1.40 bits per heavy atom. The summed E-state index contributed by atoms with van der Waals surface area (Å²) in [4.78, 5) is 20.4. The molecular weight excluding hydrogens is 245 g/mol. The zero-order valence-electron chi connectivity index (χ0n) is 7.67. The lowest BCUT2D eigenvalue weighted by molar-refractivity contribution is -0.385. The zero-order valence-corrected chi connectivity index (χ0v) is 9.30. The van der Waals surface area contributed by atoms with E-state index in [1.54, 1.807) is 0 Å². The summed E-state index contributed by atoms with van der Waals surface area (Å²) in [6.07, 6.45) is 0. The molecule has 0 amide bonds. The van der Waals surface area contributed by atoms with E-state index in [9.17, 15) is 14.9 Å². The van der Waals surface area contributed by atoms with Crippen molar-refractivity contribution >= 4 is 36.5 Å². The van der Waals surface area contributed by atoms with Crippen molar-refractivity contribution in [2.75, 3.05) is 0 Å². The van der Waals surface area contributed by atoms with Gasteiger partial charge in [0.05, 0.1) is 10.5 Å². The van der Waals surface area contributed by atoms with E-state index in [1.165, 1.54) is 25.1 Å². The van der Waals surface area contributed by atoms with Gasteiger partial charge in [-0.25, -0.2) is 4.79 Å². The van der Waals surface area contributed by atoms with Gasteiger partial charge in [-0.1, -0.05) is 6.07 Å². The lowest BCUT2D eigenvalue weighted by atomic mass is 10.1. The third kappa shape index (κ3) is 3.38. The number of benzene rings is 1. The number of nitro benzene ring substituents is 1. The van der Waals surface area contributed by atoms with E-state index in [2.05, 4.69) is 0 Å². The molecule has 84 valence electrons. The van der Waals surface area contributed by atoms with Gasteiger partial charge >= 0.3 is 5.97 Å². The van der Waals surface area contributed by atoms with Crippen LogP contribution in [0, 0.1) is 17.0 Å². The van der Waals surface area contributed by atoms with Crippen LogP contribution in [0.1, 0.15) is 15.9 Å². The number of nitrogens with zero attached hydrogens (tertiary/aromatic N) is 1. The van der Waals surface area contributed by atoms with Gasteiger partial charge in [0.2, 0.25) is 0 Å². The molecule has 0 heterocycles. The highest BCUT2D eigenvalue weighted by molar-refractivity contribution is 5.90. The monoisotopic (exact) mass is 253 g/mol. The molecule has 0 radical (unpaired) electrons. The first-order chi connectivity index (χ1) is 6.04. The van der Waals surface area contributed by atoms with Gasteiger partial charge < -0.3 is 5.11 Å². The van der Waals surface area contributed by atoms with Crippen molar-refractivity contribution in [2.24, 2.45) is 0 Å². The van der Waals surface area contributed by atoms with Crippen molar-refractivity contribution in [1.29, 1.82) is 0 Å². The van der Waals surface area contributed by atoms with Crippen molar-refractivity contribution in [2.45, 2.75) is 6.92 Å². The molecule has 5 nitrogen and oxygen atoms in total. The van der Waals surface area contributed by atoms with E-state index in [1.807, 2.05) is 0 Å². The zero-order chi connectivity index (χ0) is 10.0. The van der Waals surface area contributed by atoms with E-state index in [0.717, 1.165) is 0 Å². The largest absolute Gasteiger partial charge is 0.478 e. The number of carboxylic acids is 1. The maximum Gasteiger partial charge on any atom is 0.336 e. The molecule has 0 aliphatic rings. The Bertz CT molecular complexity index is 349. The van der Waals surface area contributed by atoms with Crippen LogP contribution in [0.4, 0.5) is 5.69 Å². The fraction of sp³-hybridized carbons (Fsp3) is 0.125. The molecule has 0 spiro atoms. The van der Waals surface area contributed by atoms with Crippen LogP contribution >= 0.6 is 24.8 Å². The Morgan fingerprint density at radius 3 is 2.33 bits per heavy atom. The van der Waals surface area contributed by atoms with Crippen molar-refractivity contribution in [3.63, 3.8) is 0 Å². The quantitative estimate of drug-likeness (QED) is 0.649. The van der Waals surface area contributed by atoms with Crippen LogP contribution in [0.15, 0.2) is 18.2 Å². The van der Waals surface area contributed by atoms with Gasteiger partial charge in [0.25, 0.3) is 5.69 Å². The normalized spacial score (nSPS) is 8.33. The fourth-order valence-electron chi connectivity index (χ4n) is 1.05. The van der Waals surface area contributed by atoms with Gasteiger partial charge in [-0.15, -0.1) is 24.8 Å². The van der Waals surface area contributed by atoms with E-state index in [4.69, 9.17) is 5.11 Å². The van der Waals surface area contributed by atoms with Crippen LogP contribution in [-0.4, -0.2) is 16.0 Å². The molecule has 0 fully saturated rings. The summed E-state index contributed by atoms with van der Waals surface area (Å²) >= 11 is 0. The Morgan fingerprint density at radius 2 is 1.93 bits per heavy atom. The Labute approximate surface area is 98.1 Å². The lowest BCUT2D eigenvalue weighted by Gasteiger charge is -2.00. The summed E-state index contributed by atoms with van der Waals surface area (Å²) in [5.74, 6) is -1.15. The highest BCUT2D eigenvalue weighted by Crippen LogP contribution is 2.20. The number of halogens is 2. The molecule has 0 bridgehead atoms. The Hall–Kier alpha value is -1.33. The van der Waals surface area contributed by atoms with Crippen molar-refractivity contribution in [1.82, 2.24) is 0 Å². The number of carbonyl (C=O) groups is 1. The number of hydrogen-bond acceptors (Lipinski definition) is 3. The summed E-state index contributed by atoms with van der Waals surface area (Å²) in [6, 6.07) is 3.97. The molecule has 1 N–H and O–H groups in total. The van der Waals surface area contributed by atoms with E-state index in [-0.39, 0.29) is 41.6 Å². The number of hydrogen-bond donors (Lipinski definition) is 1. The minimum atomic E-state index is -1.15. The smallest absolute Gasteiger partial charge is 0.336 e. The Kier molecular flexibility index (Phi) is 6.67. The van der Waals surface area contributed by atoms with Crippen molar-refractivity contribution in [3.05, 3.63) is 39.4 Å². The maximum absolute atomic E-state index is 10.6. The van der Waals surface area contributed by atoms with Crippen LogP contribution < -0.4 is 0 Å². The summed E-state index contributed by atoms with van der Waals surface area (Å²) in [6.45, 7) is 1.42. The molecule has 0 saturated heterocycles. The molecule has 1 rings (SSSR count). The molecule has 7 heteroatoms. The molecule has 0 atom stereocenters. The van der Waals surface area contributed by atoms with Crippen molar-refractivity contribution < 1.29 is 14.8 Å². The number of aromatic carboxylic acids is 1. The fourth-order valence-corrected chi connectivity index (χ4v) is 1.05. The summed E-state index contributed by atoms with van der Waals surface area (Å²) in [5, 5.41) is 19.1. The van der Waals surface area contributed by atoms with Crippen LogP contribution in [0.2, 0.25) is 0 Å². The first-order valence-electron chi connectivity index (χ1n) is 3.51. The SMILES string of the molecule is Cc1c(C(=O)O)cccc1[N+](=O)[O-].Cl.Cl. The van der Waals surface area contributed by atoms with Gasteiger partial charge in [0, 0.05) is 11.6 Å². The molecule has 0 aliphatic heterocycles. The third-order valence-corrected chi connectivity index (χ3v) is 1.73. The number of nitro groups is 1. The van der Waals surface area contributed by atoms with Crippen molar-refractivity contribution in [3.8, 4) is 0 Å². The average Bonchev–Trinajstić information content (AvgIpc) is 2.03. The topological polar surface area (TPSA) is 80.4 Å². The van der Waals surface area contributed by atoms with Gasteiger partial charge in [-0.3, -0.25) is 10.1 Å². The number of carboxylic acid groups (broad SMARTS) is 1. The second kappa shape index (κ2) is 6.21. The minimum absolute atomic E-state index is 0. The van der Waals surface area contributed by atoms with Crippen LogP contribution in [0.5, 0.6) is 0 Å². The van der Waals surface area contributed by atoms with Gasteiger partial charge in [0.1, 0.15) is 0 Å². The van der Waals surface area contributed by atoms with Gasteiger partial charge in [0.15, 0.2) is 0 Å². The molecule has 1 aromatic carbocycles. The molecule has 0 unspecified atom stereocenters. The standard InChI is InChI=1S/C8H7NO4.2ClH/c1-5-6(8(10)11)3-2-4-7(5)9(12)13;;/h2-4H,1H3,(H,10,11);2*1H. The predicted molar refractivity (Wildman–Crippen MR) is 59.3 cm³/mol. The van der Waals surface area contributed by atoms with Gasteiger partial charge in [-0.05, 0) is 13.0 Å². The maximum atomic E-state index is 10.6. The first kappa shape index (κ1) is 16.1. The molecule has 0 aliphatic carbocycles. The minimum Gasteiger partial charge on any atom is -0.478 e. The van der Waals surface area contributed by atoms with Crippen LogP contribution in [-0.2, 0) is 0 Å². The average molecular weight is 254 g/mol. The van der Waals surface area contributed by atoms with Gasteiger partial charge in [-0.2, -0.15) is 0 Å². The molecule has 1 aromatic rings. The van der Waals surface area contributed by atoms with E-state index >= 15 is 0 Å². The van der Waals surface area contributed by atoms with E-state index < -0.39 is 10.9 Å². The molecular formula is C8H9Cl2NO4. The second-order valence-corrected chi connectivity index (χ2v) is 2.51. The second-order valence-electron chi connectivity index (χ2n) is 2.51. The van der Waals surface area contributed by atoms with Crippen LogP contribution in [0.25, 0.3) is 0 Å². The first-order valence-corrected chi connectivity index (χ1v) is 3.51. The van der Waals surface area contributed by atoms with Crippen LogP contribution in [0.3, 0.4) is 0 Å². The molecule has 15 heavy (non-hydrogen) atoms. The number of rotatable bonds is 2. The predicted octanol–water partition coefficient (Wildman–Crippen LogP) is 2.45. The Balaban J connectivity index is 0. The molecule has 0 saturated carbocycles. The molecule has 0 aromatic heterocycles. The summed E-state index contributed by atoms with van der Waals surface area (Å²) in [7, 11) is 0. The van der Waals surface area contributed by atoms with E-state index in [0.29, 0.717) is 0 Å². The highest BCUT2D eigenvalue weighted by atomic mass is 35.5. The highest BCUT2D eigenvalue weighted by Gasteiger charge is 2.16. The summed E-state index contributed by atoms with van der Waals surface area (Å²) in [5.41, 5.74) is -0.0194. The third-order valence-electron chi connectivity index (χ3n) is 1.73. The summed E-state index contributed by atoms with van der Waals surface area (Å²) < 4.78 is 0. The lowest BCUT2D eigenvalue weighted by Crippen LogP contribution is -2.02.